The first kappa shape index (κ1) is 18.1. The maximum absolute atomic E-state index is 13.1. The fourth-order valence-corrected chi connectivity index (χ4v) is 4.29. The number of H-pyrrole nitrogens is 1. The molecule has 0 fully saturated rings. The van der Waals surface area contributed by atoms with Crippen LogP contribution >= 0.6 is 11.6 Å². The van der Waals surface area contributed by atoms with Gasteiger partial charge in [-0.2, -0.15) is 4.98 Å². The number of aromatic nitrogens is 2. The number of halogens is 3. The van der Waals surface area contributed by atoms with Crippen molar-refractivity contribution in [1.29, 1.82) is 0 Å². The van der Waals surface area contributed by atoms with Crippen LogP contribution in [0, 0.1) is 0 Å². The Morgan fingerprint density at radius 2 is 1.96 bits per heavy atom. The van der Waals surface area contributed by atoms with Gasteiger partial charge in [0.05, 0.1) is 16.1 Å². The molecule has 1 unspecified atom stereocenters. The summed E-state index contributed by atoms with van der Waals surface area (Å²) in [5.74, 6) is -0.0653. The van der Waals surface area contributed by atoms with Crippen molar-refractivity contribution in [3.05, 3.63) is 40.9 Å². The Morgan fingerprint density at radius 1 is 1.26 bits per heavy atom. The van der Waals surface area contributed by atoms with Crippen molar-refractivity contribution < 1.29 is 22.8 Å². The molecule has 0 spiro atoms. The lowest BCUT2D eigenvalue weighted by molar-refractivity contribution is -0.286. The molecule has 10 heteroatoms. The Kier molecular flexibility index (Phi) is 4.32. The standard InChI is InChI=1S/C17H14ClF2N3O3S/c1-23(2)13-5-3-4-10(18)9(13)8-27(24)16-21-11-6-14-15(7-12(11)22-16)26-17(19,20)25-14/h3-7H,8H2,1-2H3,(H,21,22). The van der Waals surface area contributed by atoms with E-state index in [4.69, 9.17) is 11.6 Å². The Morgan fingerprint density at radius 3 is 2.67 bits per heavy atom. The highest BCUT2D eigenvalue weighted by Crippen LogP contribution is 2.43. The van der Waals surface area contributed by atoms with Crippen LogP contribution in [0.4, 0.5) is 14.5 Å². The second-order valence-electron chi connectivity index (χ2n) is 6.15. The van der Waals surface area contributed by atoms with E-state index in [2.05, 4.69) is 19.4 Å². The van der Waals surface area contributed by atoms with Gasteiger partial charge in [0.1, 0.15) is 5.75 Å². The molecule has 0 radical (unpaired) electrons. The quantitative estimate of drug-likeness (QED) is 0.656. The maximum Gasteiger partial charge on any atom is 0.586 e. The molecule has 2 aromatic carbocycles. The van der Waals surface area contributed by atoms with E-state index in [9.17, 15) is 13.3 Å². The van der Waals surface area contributed by atoms with Gasteiger partial charge in [0, 0.05) is 48.7 Å². The zero-order valence-electron chi connectivity index (χ0n) is 14.3. The third-order valence-electron chi connectivity index (χ3n) is 4.05. The van der Waals surface area contributed by atoms with E-state index >= 15 is 0 Å². The normalized spacial score (nSPS) is 15.9. The summed E-state index contributed by atoms with van der Waals surface area (Å²) in [4.78, 5) is 9.02. The zero-order chi connectivity index (χ0) is 19.3. The molecule has 4 rings (SSSR count). The van der Waals surface area contributed by atoms with Crippen LogP contribution in [0.25, 0.3) is 11.0 Å². The second-order valence-corrected chi connectivity index (χ2v) is 7.92. The van der Waals surface area contributed by atoms with Gasteiger partial charge in [0.25, 0.3) is 0 Å². The molecule has 0 amide bonds. The largest absolute Gasteiger partial charge is 0.609 e. The summed E-state index contributed by atoms with van der Waals surface area (Å²) in [5.41, 5.74) is 2.36. The minimum atomic E-state index is -3.70. The molecule has 1 atom stereocenters. The van der Waals surface area contributed by atoms with Crippen LogP contribution in [0.1, 0.15) is 5.56 Å². The fourth-order valence-electron chi connectivity index (χ4n) is 2.85. The first-order chi connectivity index (χ1) is 12.7. The van der Waals surface area contributed by atoms with Crippen LogP contribution in [0.15, 0.2) is 35.5 Å². The Hall–Kier alpha value is -2.23. The number of hydrogen-bond acceptors (Lipinski definition) is 5. The molecular weight excluding hydrogens is 400 g/mol. The number of rotatable bonds is 4. The summed E-state index contributed by atoms with van der Waals surface area (Å²) >= 11 is 4.76. The molecule has 0 saturated heterocycles. The predicted molar refractivity (Wildman–Crippen MR) is 98.2 cm³/mol. The van der Waals surface area contributed by atoms with Crippen molar-refractivity contribution in [3.63, 3.8) is 0 Å². The highest BCUT2D eigenvalue weighted by molar-refractivity contribution is 7.90. The van der Waals surface area contributed by atoms with E-state index in [0.717, 1.165) is 11.3 Å². The monoisotopic (exact) mass is 413 g/mol. The molecule has 1 N–H and O–H groups in total. The minimum absolute atomic E-state index is 0.102. The van der Waals surface area contributed by atoms with E-state index in [-0.39, 0.29) is 22.4 Å². The Balaban J connectivity index is 1.64. The molecule has 0 aliphatic carbocycles. The maximum atomic E-state index is 13.1. The third-order valence-corrected chi connectivity index (χ3v) is 5.58. The average molecular weight is 414 g/mol. The zero-order valence-corrected chi connectivity index (χ0v) is 15.8. The van der Waals surface area contributed by atoms with Gasteiger partial charge in [0.2, 0.25) is 0 Å². The molecule has 142 valence electrons. The number of hydrogen-bond donors (Lipinski definition) is 1. The van der Waals surface area contributed by atoms with Gasteiger partial charge < -0.3 is 18.9 Å². The molecule has 0 saturated carbocycles. The average Bonchev–Trinajstić information content (AvgIpc) is 3.11. The summed E-state index contributed by atoms with van der Waals surface area (Å²) in [6, 6.07) is 8.11. The number of fused-ring (bicyclic) bond motifs is 2. The molecule has 1 aromatic heterocycles. The molecule has 1 aliphatic heterocycles. The summed E-state index contributed by atoms with van der Waals surface area (Å²) in [7, 11) is 3.74. The Bertz CT molecular complexity index is 983. The number of benzene rings is 2. The SMILES string of the molecule is CN(C)c1cccc(Cl)c1C[S+]([O-])c1nc2cc3c(cc2[nH]1)OC(F)(F)O3. The van der Waals surface area contributed by atoms with Gasteiger partial charge in [-0.25, -0.2) is 0 Å². The van der Waals surface area contributed by atoms with E-state index in [0.29, 0.717) is 16.1 Å². The number of anilines is 1. The van der Waals surface area contributed by atoms with Crippen LogP contribution in [-0.2, 0) is 16.9 Å². The number of imidazole rings is 1. The molecule has 2 heterocycles. The van der Waals surface area contributed by atoms with E-state index in [1.165, 1.54) is 12.1 Å². The smallest absolute Gasteiger partial charge is 0.586 e. The van der Waals surface area contributed by atoms with Crippen LogP contribution in [0.5, 0.6) is 11.5 Å². The van der Waals surface area contributed by atoms with Gasteiger partial charge in [-0.15, -0.1) is 8.78 Å². The molecule has 3 aromatic rings. The molecule has 27 heavy (non-hydrogen) atoms. The van der Waals surface area contributed by atoms with Gasteiger partial charge in [-0.05, 0) is 12.1 Å². The van der Waals surface area contributed by atoms with Crippen molar-refractivity contribution in [3.8, 4) is 11.5 Å². The van der Waals surface area contributed by atoms with Crippen LogP contribution in [-0.4, -0.2) is 34.9 Å². The lowest BCUT2D eigenvalue weighted by Gasteiger charge is -2.18. The number of nitrogens with zero attached hydrogens (tertiary/aromatic N) is 2. The summed E-state index contributed by atoms with van der Waals surface area (Å²) in [6.07, 6.45) is -3.70. The lowest BCUT2D eigenvalue weighted by atomic mass is 10.2. The Labute approximate surface area is 161 Å². The molecular formula is C17H14ClF2N3O3S. The number of nitrogens with one attached hydrogen (secondary N) is 1. The van der Waals surface area contributed by atoms with Crippen LogP contribution in [0.3, 0.4) is 0 Å². The highest BCUT2D eigenvalue weighted by atomic mass is 35.5. The van der Waals surface area contributed by atoms with Crippen molar-refractivity contribution >= 4 is 39.5 Å². The third kappa shape index (κ3) is 3.38. The fraction of sp³-hybridized carbons (Fsp3) is 0.235. The van der Waals surface area contributed by atoms with Gasteiger partial charge in [-0.1, -0.05) is 17.7 Å². The predicted octanol–water partition coefficient (Wildman–Crippen LogP) is 3.91. The summed E-state index contributed by atoms with van der Waals surface area (Å²) in [5, 5.41) is 0.721. The number of ether oxygens (including phenoxy) is 2. The lowest BCUT2D eigenvalue weighted by Crippen LogP contribution is -2.25. The first-order valence-corrected chi connectivity index (χ1v) is 9.56. The van der Waals surface area contributed by atoms with Crippen molar-refractivity contribution in [2.45, 2.75) is 17.2 Å². The van der Waals surface area contributed by atoms with Gasteiger partial charge in [0.15, 0.2) is 11.5 Å². The van der Waals surface area contributed by atoms with Crippen molar-refractivity contribution in [2.24, 2.45) is 0 Å². The van der Waals surface area contributed by atoms with Crippen LogP contribution in [0.2, 0.25) is 5.02 Å². The number of aromatic amines is 1. The van der Waals surface area contributed by atoms with Gasteiger partial charge in [-0.3, -0.25) is 4.98 Å². The summed E-state index contributed by atoms with van der Waals surface area (Å²) < 4.78 is 48.0. The first-order valence-electron chi connectivity index (χ1n) is 7.86. The van der Waals surface area contributed by atoms with Gasteiger partial charge >= 0.3 is 11.5 Å². The van der Waals surface area contributed by atoms with E-state index < -0.39 is 17.5 Å². The highest BCUT2D eigenvalue weighted by Gasteiger charge is 2.43. The minimum Gasteiger partial charge on any atom is -0.609 e. The number of alkyl halides is 2. The van der Waals surface area contributed by atoms with Crippen molar-refractivity contribution in [2.75, 3.05) is 19.0 Å². The van der Waals surface area contributed by atoms with Crippen LogP contribution < -0.4 is 14.4 Å². The van der Waals surface area contributed by atoms with E-state index in [1.54, 1.807) is 6.07 Å². The second kappa shape index (κ2) is 6.43. The molecule has 0 bridgehead atoms. The molecule has 1 aliphatic rings. The summed E-state index contributed by atoms with van der Waals surface area (Å²) in [6.45, 7) is 0. The van der Waals surface area contributed by atoms with Crippen molar-refractivity contribution in [1.82, 2.24) is 9.97 Å². The van der Waals surface area contributed by atoms with E-state index in [1.807, 2.05) is 31.1 Å². The molecule has 6 nitrogen and oxygen atoms in total. The topological polar surface area (TPSA) is 73.4 Å².